The maximum Gasteiger partial charge on any atom is 0.266 e. The highest BCUT2D eigenvalue weighted by atomic mass is 79.9. The van der Waals surface area contributed by atoms with E-state index in [1.165, 1.54) is 16.7 Å². The second kappa shape index (κ2) is 8.69. The van der Waals surface area contributed by atoms with Crippen molar-refractivity contribution in [2.75, 3.05) is 19.0 Å². The van der Waals surface area contributed by atoms with E-state index in [1.54, 1.807) is 37.5 Å². The zero-order valence-corrected chi connectivity index (χ0v) is 17.5. The van der Waals surface area contributed by atoms with Crippen molar-refractivity contribution in [1.82, 2.24) is 4.90 Å². The molecule has 1 N–H and O–H groups in total. The van der Waals surface area contributed by atoms with Gasteiger partial charge in [0.1, 0.15) is 16.6 Å². The van der Waals surface area contributed by atoms with Crippen LogP contribution in [0.5, 0.6) is 5.75 Å². The van der Waals surface area contributed by atoms with Gasteiger partial charge in [-0.2, -0.15) is 0 Å². The third-order valence-electron chi connectivity index (χ3n) is 3.68. The Morgan fingerprint density at radius 2 is 2.07 bits per heavy atom. The van der Waals surface area contributed by atoms with Crippen LogP contribution in [0.2, 0.25) is 0 Å². The normalized spacial score (nSPS) is 15.3. The summed E-state index contributed by atoms with van der Waals surface area (Å²) in [6.45, 7) is -0.141. The number of carbonyl (C=O) groups is 2. The molecule has 0 radical (unpaired) electrons. The third kappa shape index (κ3) is 4.97. The molecule has 0 aliphatic carbocycles. The lowest BCUT2D eigenvalue weighted by Gasteiger charge is -2.14. The Kier molecular flexibility index (Phi) is 6.30. The van der Waals surface area contributed by atoms with Crippen LogP contribution in [0.4, 0.5) is 5.69 Å². The average molecular weight is 463 g/mol. The van der Waals surface area contributed by atoms with Crippen LogP contribution in [-0.4, -0.2) is 34.7 Å². The Morgan fingerprint density at radius 3 is 2.81 bits per heavy atom. The summed E-state index contributed by atoms with van der Waals surface area (Å²) in [4.78, 5) is 26.8. The van der Waals surface area contributed by atoms with Crippen molar-refractivity contribution in [3.05, 3.63) is 63.5 Å². The zero-order chi connectivity index (χ0) is 19.4. The van der Waals surface area contributed by atoms with E-state index in [4.69, 9.17) is 17.0 Å². The fourth-order valence-electron chi connectivity index (χ4n) is 2.43. The minimum atomic E-state index is -0.330. The largest absolute Gasteiger partial charge is 0.497 e. The highest BCUT2D eigenvalue weighted by molar-refractivity contribution is 9.10. The summed E-state index contributed by atoms with van der Waals surface area (Å²) in [5.74, 6) is 0.0318. The van der Waals surface area contributed by atoms with Gasteiger partial charge in [0.15, 0.2) is 0 Å². The number of thioether (sulfide) groups is 1. The third-order valence-corrected chi connectivity index (χ3v) is 5.55. The molecule has 1 fully saturated rings. The summed E-state index contributed by atoms with van der Waals surface area (Å²) < 4.78 is 6.42. The molecule has 8 heteroatoms. The highest BCUT2D eigenvalue weighted by Gasteiger charge is 2.33. The van der Waals surface area contributed by atoms with Crippen LogP contribution in [0, 0.1) is 0 Å². The molecule has 138 valence electrons. The molecule has 0 spiro atoms. The molecule has 1 saturated heterocycles. The quantitative estimate of drug-likeness (QED) is 0.530. The van der Waals surface area contributed by atoms with Crippen molar-refractivity contribution in [1.29, 1.82) is 0 Å². The lowest BCUT2D eigenvalue weighted by atomic mass is 10.2. The molecule has 1 aliphatic rings. The lowest BCUT2D eigenvalue weighted by Crippen LogP contribution is -2.36. The maximum absolute atomic E-state index is 12.6. The predicted octanol–water partition coefficient (Wildman–Crippen LogP) is 4.30. The SMILES string of the molecule is COc1cccc(NC(=O)CN2C(=O)/C(=C/c3cccc(Br)c3)SC2=S)c1. The number of thiocarbonyl (C=S) groups is 1. The van der Waals surface area contributed by atoms with Gasteiger partial charge in [-0.25, -0.2) is 0 Å². The van der Waals surface area contributed by atoms with E-state index in [0.29, 0.717) is 20.7 Å². The first kappa shape index (κ1) is 19.6. The van der Waals surface area contributed by atoms with E-state index in [9.17, 15) is 9.59 Å². The first-order valence-electron chi connectivity index (χ1n) is 7.91. The molecule has 1 aliphatic heterocycles. The molecule has 0 saturated carbocycles. The number of benzene rings is 2. The minimum absolute atomic E-state index is 0.141. The van der Waals surface area contributed by atoms with Crippen molar-refractivity contribution < 1.29 is 14.3 Å². The number of methoxy groups -OCH3 is 1. The van der Waals surface area contributed by atoms with Crippen molar-refractivity contribution in [2.45, 2.75) is 0 Å². The molecule has 1 heterocycles. The Morgan fingerprint density at radius 1 is 1.30 bits per heavy atom. The van der Waals surface area contributed by atoms with Gasteiger partial charge < -0.3 is 10.1 Å². The summed E-state index contributed by atoms with van der Waals surface area (Å²) in [6, 6.07) is 14.6. The van der Waals surface area contributed by atoms with E-state index >= 15 is 0 Å². The van der Waals surface area contributed by atoms with Gasteiger partial charge in [-0.1, -0.05) is 58.1 Å². The molecular weight excluding hydrogens is 448 g/mol. The van der Waals surface area contributed by atoms with Crippen LogP contribution >= 0.6 is 39.9 Å². The van der Waals surface area contributed by atoms with Crippen molar-refractivity contribution in [3.63, 3.8) is 0 Å². The van der Waals surface area contributed by atoms with Crippen molar-refractivity contribution >= 4 is 67.8 Å². The topological polar surface area (TPSA) is 58.6 Å². The average Bonchev–Trinajstić information content (AvgIpc) is 2.89. The molecule has 0 aromatic heterocycles. The molecule has 2 amide bonds. The standard InChI is InChI=1S/C19H15BrN2O3S2/c1-25-15-7-3-6-14(10-15)21-17(23)11-22-18(24)16(27-19(22)26)9-12-4-2-5-13(20)8-12/h2-10H,11H2,1H3,(H,21,23)/b16-9-. The molecule has 0 atom stereocenters. The number of halogens is 1. The summed E-state index contributed by atoms with van der Waals surface area (Å²) in [5.41, 5.74) is 1.47. The summed E-state index contributed by atoms with van der Waals surface area (Å²) in [7, 11) is 1.55. The van der Waals surface area contributed by atoms with E-state index in [1.807, 2.05) is 24.3 Å². The molecule has 27 heavy (non-hydrogen) atoms. The number of amides is 2. The highest BCUT2D eigenvalue weighted by Crippen LogP contribution is 2.32. The van der Waals surface area contributed by atoms with Gasteiger partial charge in [0.05, 0.1) is 12.0 Å². The number of carbonyl (C=O) groups excluding carboxylic acids is 2. The van der Waals surface area contributed by atoms with Crippen LogP contribution in [0.25, 0.3) is 6.08 Å². The molecule has 5 nitrogen and oxygen atoms in total. The van der Waals surface area contributed by atoms with E-state index in [0.717, 1.165) is 10.0 Å². The molecule has 0 unspecified atom stereocenters. The van der Waals surface area contributed by atoms with E-state index < -0.39 is 0 Å². The first-order chi connectivity index (χ1) is 13.0. The van der Waals surface area contributed by atoms with Gasteiger partial charge >= 0.3 is 0 Å². The van der Waals surface area contributed by atoms with Crippen LogP contribution < -0.4 is 10.1 Å². The molecule has 2 aromatic carbocycles. The monoisotopic (exact) mass is 462 g/mol. The second-order valence-corrected chi connectivity index (χ2v) is 8.19. The number of nitrogens with one attached hydrogen (secondary N) is 1. The first-order valence-corrected chi connectivity index (χ1v) is 9.93. The number of rotatable bonds is 5. The molecule has 0 bridgehead atoms. The Balaban J connectivity index is 1.69. The molecular formula is C19H15BrN2O3S2. The minimum Gasteiger partial charge on any atom is -0.497 e. The van der Waals surface area contributed by atoms with Crippen LogP contribution in [0.3, 0.4) is 0 Å². The van der Waals surface area contributed by atoms with Crippen molar-refractivity contribution in [2.24, 2.45) is 0 Å². The summed E-state index contributed by atoms with van der Waals surface area (Å²) >= 11 is 9.87. The molecule has 3 rings (SSSR count). The summed E-state index contributed by atoms with van der Waals surface area (Å²) in [6.07, 6.45) is 1.77. The fourth-order valence-corrected chi connectivity index (χ4v) is 4.10. The second-order valence-electron chi connectivity index (χ2n) is 5.60. The van der Waals surface area contributed by atoms with E-state index in [-0.39, 0.29) is 18.4 Å². The van der Waals surface area contributed by atoms with Gasteiger partial charge in [-0.15, -0.1) is 0 Å². The zero-order valence-electron chi connectivity index (χ0n) is 14.3. The predicted molar refractivity (Wildman–Crippen MR) is 116 cm³/mol. The van der Waals surface area contributed by atoms with Crippen LogP contribution in [-0.2, 0) is 9.59 Å². The van der Waals surface area contributed by atoms with Crippen LogP contribution in [0.15, 0.2) is 57.9 Å². The van der Waals surface area contributed by atoms with Gasteiger partial charge in [-0.3, -0.25) is 14.5 Å². The number of hydrogen-bond donors (Lipinski definition) is 1. The Bertz CT molecular complexity index is 946. The number of hydrogen-bond acceptors (Lipinski definition) is 5. The summed E-state index contributed by atoms with van der Waals surface area (Å²) in [5, 5.41) is 2.75. The number of anilines is 1. The Hall–Kier alpha value is -2.16. The number of nitrogens with zero attached hydrogens (tertiary/aromatic N) is 1. The molecule has 2 aromatic rings. The fraction of sp³-hybridized carbons (Fsp3) is 0.105. The maximum atomic E-state index is 12.6. The Labute approximate surface area is 174 Å². The van der Waals surface area contributed by atoms with Crippen LogP contribution in [0.1, 0.15) is 5.56 Å². The number of ether oxygens (including phenoxy) is 1. The van der Waals surface area contributed by atoms with Gasteiger partial charge in [0.2, 0.25) is 5.91 Å². The van der Waals surface area contributed by atoms with Gasteiger partial charge in [-0.05, 0) is 35.9 Å². The van der Waals surface area contributed by atoms with Gasteiger partial charge in [0, 0.05) is 16.2 Å². The van der Waals surface area contributed by atoms with Crippen molar-refractivity contribution in [3.8, 4) is 5.75 Å². The lowest BCUT2D eigenvalue weighted by molar-refractivity contribution is -0.126. The van der Waals surface area contributed by atoms with Gasteiger partial charge in [0.25, 0.3) is 5.91 Å². The smallest absolute Gasteiger partial charge is 0.266 e. The van der Waals surface area contributed by atoms with E-state index in [2.05, 4.69) is 21.2 Å².